The molecule has 1 aromatic carbocycles. The van der Waals surface area contributed by atoms with E-state index in [1.165, 1.54) is 6.07 Å². The maximum Gasteiger partial charge on any atom is 0.284 e. The number of primary amides is 1. The summed E-state index contributed by atoms with van der Waals surface area (Å²) in [5.74, 6) is 0.673. The Morgan fingerprint density at radius 3 is 2.58 bits per heavy atom. The number of piperazine rings is 1. The van der Waals surface area contributed by atoms with Gasteiger partial charge in [-0.15, -0.1) is 0 Å². The van der Waals surface area contributed by atoms with Crippen LogP contribution in [-0.4, -0.2) is 50.0 Å². The van der Waals surface area contributed by atoms with Crippen molar-refractivity contribution in [3.05, 3.63) is 53.7 Å². The number of rotatable bonds is 4. The van der Waals surface area contributed by atoms with E-state index >= 15 is 0 Å². The molecule has 1 aliphatic rings. The molecule has 26 heavy (non-hydrogen) atoms. The van der Waals surface area contributed by atoms with Gasteiger partial charge in [-0.05, 0) is 24.3 Å². The fraction of sp³-hybridized carbons (Fsp3) is 0.333. The van der Waals surface area contributed by atoms with E-state index in [0.29, 0.717) is 31.1 Å². The zero-order valence-corrected chi connectivity index (χ0v) is 14.6. The number of hydrogen-bond acceptors (Lipinski definition) is 4. The summed E-state index contributed by atoms with van der Waals surface area (Å²) in [5.41, 5.74) is 5.81. The van der Waals surface area contributed by atoms with E-state index in [4.69, 9.17) is 10.2 Å². The highest BCUT2D eigenvalue weighted by molar-refractivity contribution is 5.89. The van der Waals surface area contributed by atoms with Gasteiger partial charge in [-0.2, -0.15) is 0 Å². The molecule has 7 nitrogen and oxygen atoms in total. The SMILES string of the molecule is CN=C(NCc1ccc(C(N)=O)o1)N1CCN(c2ccccc2F)CC1. The van der Waals surface area contributed by atoms with Crippen molar-refractivity contribution < 1.29 is 13.6 Å². The van der Waals surface area contributed by atoms with Gasteiger partial charge in [-0.3, -0.25) is 9.79 Å². The molecule has 0 saturated carbocycles. The lowest BCUT2D eigenvalue weighted by molar-refractivity contribution is 0.0972. The number of hydrogen-bond donors (Lipinski definition) is 2. The van der Waals surface area contributed by atoms with Crippen molar-refractivity contribution in [3.8, 4) is 0 Å². The van der Waals surface area contributed by atoms with Crippen LogP contribution < -0.4 is 16.0 Å². The molecule has 0 aliphatic carbocycles. The number of halogens is 1. The minimum absolute atomic E-state index is 0.135. The van der Waals surface area contributed by atoms with Crippen LogP contribution in [0.15, 0.2) is 45.8 Å². The van der Waals surface area contributed by atoms with Crippen LogP contribution in [-0.2, 0) is 6.54 Å². The lowest BCUT2D eigenvalue weighted by atomic mass is 10.2. The van der Waals surface area contributed by atoms with Crippen LogP contribution in [0.5, 0.6) is 0 Å². The van der Waals surface area contributed by atoms with E-state index in [1.54, 1.807) is 31.3 Å². The lowest BCUT2D eigenvalue weighted by Gasteiger charge is -2.37. The number of para-hydroxylation sites is 1. The number of nitrogens with two attached hydrogens (primary N) is 1. The van der Waals surface area contributed by atoms with Crippen LogP contribution in [0.3, 0.4) is 0 Å². The van der Waals surface area contributed by atoms with Crippen LogP contribution in [0.2, 0.25) is 0 Å². The molecule has 0 radical (unpaired) electrons. The van der Waals surface area contributed by atoms with Gasteiger partial charge in [0.25, 0.3) is 5.91 Å². The quantitative estimate of drug-likeness (QED) is 0.637. The van der Waals surface area contributed by atoms with Gasteiger partial charge in [-0.1, -0.05) is 12.1 Å². The van der Waals surface area contributed by atoms with Gasteiger partial charge in [0, 0.05) is 33.2 Å². The Hall–Kier alpha value is -3.03. The first-order valence-corrected chi connectivity index (χ1v) is 8.42. The van der Waals surface area contributed by atoms with Gasteiger partial charge >= 0.3 is 0 Å². The topological polar surface area (TPSA) is 87.1 Å². The van der Waals surface area contributed by atoms with Gasteiger partial charge in [0.15, 0.2) is 11.7 Å². The number of guanidine groups is 1. The van der Waals surface area contributed by atoms with Crippen LogP contribution in [0.25, 0.3) is 0 Å². The van der Waals surface area contributed by atoms with Crippen molar-refractivity contribution in [2.75, 3.05) is 38.1 Å². The molecule has 0 unspecified atom stereocenters. The van der Waals surface area contributed by atoms with Gasteiger partial charge in [0.05, 0.1) is 12.2 Å². The standard InChI is InChI=1S/C18H22FN5O2/c1-21-18(22-12-13-6-7-16(26-13)17(20)25)24-10-8-23(9-11-24)15-5-3-2-4-14(15)19/h2-7H,8-12H2,1H3,(H2,20,25)(H,21,22). The summed E-state index contributed by atoms with van der Waals surface area (Å²) in [6.45, 7) is 3.24. The summed E-state index contributed by atoms with van der Waals surface area (Å²) in [4.78, 5) is 19.5. The van der Waals surface area contributed by atoms with Crippen molar-refractivity contribution in [1.82, 2.24) is 10.2 Å². The number of aliphatic imine (C=N–C) groups is 1. The molecule has 2 aromatic rings. The molecule has 1 saturated heterocycles. The molecule has 8 heteroatoms. The van der Waals surface area contributed by atoms with Crippen molar-refractivity contribution in [2.24, 2.45) is 10.7 Å². The normalized spacial score (nSPS) is 15.2. The Bertz CT molecular complexity index is 796. The lowest BCUT2D eigenvalue weighted by Crippen LogP contribution is -2.52. The Morgan fingerprint density at radius 2 is 1.96 bits per heavy atom. The number of carbonyl (C=O) groups excluding carboxylic acids is 1. The van der Waals surface area contributed by atoms with E-state index in [1.807, 2.05) is 11.0 Å². The molecule has 0 bridgehead atoms. The number of furan rings is 1. The summed E-state index contributed by atoms with van der Waals surface area (Å²) in [6, 6.07) is 10.1. The first-order chi connectivity index (χ1) is 12.6. The fourth-order valence-corrected chi connectivity index (χ4v) is 2.97. The van der Waals surface area contributed by atoms with Crippen molar-refractivity contribution in [3.63, 3.8) is 0 Å². The third-order valence-electron chi connectivity index (χ3n) is 4.31. The third-order valence-corrected chi connectivity index (χ3v) is 4.31. The monoisotopic (exact) mass is 359 g/mol. The van der Waals surface area contributed by atoms with E-state index in [9.17, 15) is 9.18 Å². The van der Waals surface area contributed by atoms with Crippen LogP contribution >= 0.6 is 0 Å². The van der Waals surface area contributed by atoms with E-state index in [-0.39, 0.29) is 11.6 Å². The number of benzene rings is 1. The van der Waals surface area contributed by atoms with Crippen LogP contribution in [0.4, 0.5) is 10.1 Å². The summed E-state index contributed by atoms with van der Waals surface area (Å²) < 4.78 is 19.3. The number of nitrogens with one attached hydrogen (secondary N) is 1. The summed E-state index contributed by atoms with van der Waals surface area (Å²) in [6.07, 6.45) is 0. The molecule has 1 aromatic heterocycles. The highest BCUT2D eigenvalue weighted by atomic mass is 19.1. The van der Waals surface area contributed by atoms with Crippen molar-refractivity contribution in [1.29, 1.82) is 0 Å². The molecule has 2 heterocycles. The van der Waals surface area contributed by atoms with Gasteiger partial charge in [-0.25, -0.2) is 4.39 Å². The fourth-order valence-electron chi connectivity index (χ4n) is 2.97. The number of amides is 1. The second-order valence-electron chi connectivity index (χ2n) is 5.96. The van der Waals surface area contributed by atoms with Gasteiger partial charge in [0.1, 0.15) is 11.6 Å². The van der Waals surface area contributed by atoms with E-state index in [0.717, 1.165) is 19.0 Å². The van der Waals surface area contributed by atoms with Crippen molar-refractivity contribution >= 4 is 17.6 Å². The predicted octanol–water partition coefficient (Wildman–Crippen LogP) is 1.42. The molecule has 3 rings (SSSR count). The molecule has 3 N–H and O–H groups in total. The van der Waals surface area contributed by atoms with E-state index < -0.39 is 5.91 Å². The average Bonchev–Trinajstić information content (AvgIpc) is 3.13. The molecule has 1 fully saturated rings. The predicted molar refractivity (Wildman–Crippen MR) is 97.6 cm³/mol. The smallest absolute Gasteiger partial charge is 0.284 e. The van der Waals surface area contributed by atoms with Crippen LogP contribution in [0, 0.1) is 5.82 Å². The Labute approximate surface area is 151 Å². The first-order valence-electron chi connectivity index (χ1n) is 8.42. The zero-order chi connectivity index (χ0) is 18.5. The molecular weight excluding hydrogens is 337 g/mol. The first kappa shape index (κ1) is 17.8. The largest absolute Gasteiger partial charge is 0.454 e. The Kier molecular flexibility index (Phi) is 5.40. The highest BCUT2D eigenvalue weighted by Gasteiger charge is 2.21. The maximum atomic E-state index is 13.9. The number of anilines is 1. The third kappa shape index (κ3) is 3.96. The average molecular weight is 359 g/mol. The Balaban J connectivity index is 1.55. The van der Waals surface area contributed by atoms with Crippen molar-refractivity contribution in [2.45, 2.75) is 6.54 Å². The zero-order valence-electron chi connectivity index (χ0n) is 14.6. The molecule has 138 valence electrons. The summed E-state index contributed by atoms with van der Waals surface area (Å²) in [5, 5.41) is 3.21. The van der Waals surface area contributed by atoms with E-state index in [2.05, 4.69) is 15.2 Å². The molecular formula is C18H22FN5O2. The second-order valence-corrected chi connectivity index (χ2v) is 5.96. The summed E-state index contributed by atoms with van der Waals surface area (Å²) >= 11 is 0. The molecule has 0 spiro atoms. The minimum atomic E-state index is -0.593. The number of nitrogens with zero attached hydrogens (tertiary/aromatic N) is 3. The van der Waals surface area contributed by atoms with Crippen LogP contribution in [0.1, 0.15) is 16.3 Å². The second kappa shape index (κ2) is 7.90. The minimum Gasteiger partial charge on any atom is -0.454 e. The molecule has 0 atom stereocenters. The highest BCUT2D eigenvalue weighted by Crippen LogP contribution is 2.20. The maximum absolute atomic E-state index is 13.9. The van der Waals surface area contributed by atoms with Gasteiger partial charge < -0.3 is 25.3 Å². The molecule has 1 aliphatic heterocycles. The Morgan fingerprint density at radius 1 is 1.23 bits per heavy atom. The summed E-state index contributed by atoms with van der Waals surface area (Å²) in [7, 11) is 1.71. The van der Waals surface area contributed by atoms with Gasteiger partial charge in [0.2, 0.25) is 0 Å². The number of carbonyl (C=O) groups is 1. The molecule has 1 amide bonds.